The fourth-order valence-electron chi connectivity index (χ4n) is 3.44. The summed E-state index contributed by atoms with van der Waals surface area (Å²) in [4.78, 5) is 27.1. The molecule has 0 radical (unpaired) electrons. The van der Waals surface area contributed by atoms with Crippen LogP contribution in [0.1, 0.15) is 42.3 Å². The van der Waals surface area contributed by atoms with Crippen molar-refractivity contribution in [3.63, 3.8) is 0 Å². The predicted octanol–water partition coefficient (Wildman–Crippen LogP) is 4.90. The summed E-state index contributed by atoms with van der Waals surface area (Å²) in [6.07, 6.45) is 0.260. The Kier molecular flexibility index (Phi) is 6.65. The van der Waals surface area contributed by atoms with Crippen molar-refractivity contribution < 1.29 is 23.8 Å². The highest BCUT2D eigenvalue weighted by atomic mass is 35.5. The Hall–Kier alpha value is -2.93. The van der Waals surface area contributed by atoms with E-state index in [1.54, 1.807) is 11.0 Å². The molecule has 1 N–H and O–H groups in total. The summed E-state index contributed by atoms with van der Waals surface area (Å²) in [6, 6.07) is 8.75. The molecule has 1 heterocycles. The molecule has 8 heteroatoms. The lowest BCUT2D eigenvalue weighted by Crippen LogP contribution is -2.40. The number of carbonyl (C=O) groups excluding carboxylic acids is 2. The normalized spacial score (nSPS) is 13.3. The lowest BCUT2D eigenvalue weighted by Gasteiger charge is -2.32. The fraction of sp³-hybridized carbons (Fsp3) is 0.391. The summed E-state index contributed by atoms with van der Waals surface area (Å²) < 4.78 is 16.0. The maximum absolute atomic E-state index is 13.0. The highest BCUT2D eigenvalue weighted by Gasteiger charge is 2.27. The van der Waals surface area contributed by atoms with Gasteiger partial charge in [-0.05, 0) is 50.5 Å². The van der Waals surface area contributed by atoms with E-state index in [1.807, 2.05) is 39.0 Å². The molecule has 0 bridgehead atoms. The standard InChI is InChI=1S/C23H27ClN2O5/c1-23(2,3)31-22(28)26-10-9-15-14(13-26)7-6-8-18(15)25-21(27)16-11-17(24)20(30-5)12-19(16)29-4/h6-8,11-12H,9-10,13H2,1-5H3,(H,25,27). The lowest BCUT2D eigenvalue weighted by atomic mass is 9.97. The lowest BCUT2D eigenvalue weighted by molar-refractivity contribution is 0.0224. The van der Waals surface area contributed by atoms with Crippen molar-refractivity contribution in [1.82, 2.24) is 4.90 Å². The van der Waals surface area contributed by atoms with E-state index in [0.29, 0.717) is 47.3 Å². The molecule has 2 aromatic rings. The number of fused-ring (bicyclic) bond motifs is 1. The number of rotatable bonds is 4. The molecule has 0 aliphatic carbocycles. The van der Waals surface area contributed by atoms with E-state index in [2.05, 4.69) is 5.32 Å². The molecule has 2 aromatic carbocycles. The maximum atomic E-state index is 13.0. The zero-order valence-electron chi connectivity index (χ0n) is 18.4. The topological polar surface area (TPSA) is 77.1 Å². The van der Waals surface area contributed by atoms with E-state index in [0.717, 1.165) is 11.1 Å². The Morgan fingerprint density at radius 2 is 1.81 bits per heavy atom. The first-order valence-corrected chi connectivity index (χ1v) is 10.3. The van der Waals surface area contributed by atoms with Crippen LogP contribution >= 0.6 is 11.6 Å². The third-order valence-corrected chi connectivity index (χ3v) is 5.18. The van der Waals surface area contributed by atoms with Crippen molar-refractivity contribution >= 4 is 29.3 Å². The van der Waals surface area contributed by atoms with Gasteiger partial charge in [-0.2, -0.15) is 0 Å². The molecule has 0 aromatic heterocycles. The van der Waals surface area contributed by atoms with Gasteiger partial charge in [0.15, 0.2) is 0 Å². The number of nitrogens with one attached hydrogen (secondary N) is 1. The number of ether oxygens (including phenoxy) is 3. The summed E-state index contributed by atoms with van der Waals surface area (Å²) in [7, 11) is 2.98. The van der Waals surface area contributed by atoms with E-state index in [9.17, 15) is 9.59 Å². The van der Waals surface area contributed by atoms with Crippen molar-refractivity contribution in [2.45, 2.75) is 39.3 Å². The van der Waals surface area contributed by atoms with Crippen LogP contribution in [0.25, 0.3) is 0 Å². The van der Waals surface area contributed by atoms with Crippen LogP contribution in [0.4, 0.5) is 10.5 Å². The molecule has 2 amide bonds. The minimum absolute atomic E-state index is 0.303. The van der Waals surface area contributed by atoms with E-state index in [-0.39, 0.29) is 12.0 Å². The number of methoxy groups -OCH3 is 2. The van der Waals surface area contributed by atoms with Crippen LogP contribution in [0.15, 0.2) is 30.3 Å². The molecule has 0 atom stereocenters. The predicted molar refractivity (Wildman–Crippen MR) is 119 cm³/mol. The van der Waals surface area contributed by atoms with Crippen LogP contribution in [0.3, 0.4) is 0 Å². The Bertz CT molecular complexity index is 1000. The minimum atomic E-state index is -0.550. The summed E-state index contributed by atoms with van der Waals surface area (Å²) in [5.74, 6) is 0.443. The first kappa shape index (κ1) is 22.7. The number of anilines is 1. The number of halogens is 1. The maximum Gasteiger partial charge on any atom is 0.410 e. The van der Waals surface area contributed by atoms with Crippen molar-refractivity contribution in [3.05, 3.63) is 52.0 Å². The molecule has 1 aliphatic heterocycles. The van der Waals surface area contributed by atoms with E-state index in [1.165, 1.54) is 20.3 Å². The zero-order chi connectivity index (χ0) is 22.8. The molecule has 7 nitrogen and oxygen atoms in total. The second kappa shape index (κ2) is 9.06. The van der Waals surface area contributed by atoms with Gasteiger partial charge in [0.2, 0.25) is 0 Å². The van der Waals surface area contributed by atoms with Gasteiger partial charge in [0, 0.05) is 24.8 Å². The molecule has 0 unspecified atom stereocenters. The third kappa shape index (κ3) is 5.22. The average Bonchev–Trinajstić information content (AvgIpc) is 2.72. The third-order valence-electron chi connectivity index (χ3n) is 4.88. The number of nitrogens with zero attached hydrogens (tertiary/aromatic N) is 1. The van der Waals surface area contributed by atoms with Gasteiger partial charge in [0.25, 0.3) is 5.91 Å². The molecule has 166 valence electrons. The van der Waals surface area contributed by atoms with E-state index in [4.69, 9.17) is 25.8 Å². The summed E-state index contributed by atoms with van der Waals surface area (Å²) >= 11 is 6.20. The van der Waals surface area contributed by atoms with Gasteiger partial charge in [0.1, 0.15) is 17.1 Å². The van der Waals surface area contributed by atoms with Crippen molar-refractivity contribution in [3.8, 4) is 11.5 Å². The highest BCUT2D eigenvalue weighted by molar-refractivity contribution is 6.32. The molecular weight excluding hydrogens is 420 g/mol. The van der Waals surface area contributed by atoms with Crippen molar-refractivity contribution in [1.29, 1.82) is 0 Å². The average molecular weight is 447 g/mol. The Labute approximate surface area is 187 Å². The Morgan fingerprint density at radius 1 is 1.10 bits per heavy atom. The monoisotopic (exact) mass is 446 g/mol. The molecule has 0 fully saturated rings. The largest absolute Gasteiger partial charge is 0.496 e. The van der Waals surface area contributed by atoms with Crippen LogP contribution in [0, 0.1) is 0 Å². The van der Waals surface area contributed by atoms with E-state index < -0.39 is 5.60 Å². The second-order valence-corrected chi connectivity index (χ2v) is 8.64. The van der Waals surface area contributed by atoms with E-state index >= 15 is 0 Å². The number of carbonyl (C=O) groups is 2. The van der Waals surface area contributed by atoms with Crippen molar-refractivity contribution in [2.75, 3.05) is 26.1 Å². The van der Waals surface area contributed by atoms with Gasteiger partial charge in [-0.3, -0.25) is 4.79 Å². The zero-order valence-corrected chi connectivity index (χ0v) is 19.1. The number of amides is 2. The van der Waals surface area contributed by atoms with Crippen molar-refractivity contribution in [2.24, 2.45) is 0 Å². The van der Waals surface area contributed by atoms with Gasteiger partial charge >= 0.3 is 6.09 Å². The quantitative estimate of drug-likeness (QED) is 0.722. The van der Waals surface area contributed by atoms with Crippen LogP contribution in [-0.4, -0.2) is 43.3 Å². The summed E-state index contributed by atoms with van der Waals surface area (Å²) in [6.45, 7) is 6.46. The molecule has 0 saturated heterocycles. The second-order valence-electron chi connectivity index (χ2n) is 8.24. The molecule has 0 spiro atoms. The summed E-state index contributed by atoms with van der Waals surface area (Å²) in [5.41, 5.74) is 2.41. The van der Waals surface area contributed by atoms with Gasteiger partial charge in [-0.15, -0.1) is 0 Å². The number of hydrogen-bond donors (Lipinski definition) is 1. The molecule has 31 heavy (non-hydrogen) atoms. The van der Waals surface area contributed by atoms with Crippen LogP contribution in [-0.2, 0) is 17.7 Å². The van der Waals surface area contributed by atoms with Gasteiger partial charge in [0.05, 0.1) is 24.8 Å². The van der Waals surface area contributed by atoms with Gasteiger partial charge in [-0.25, -0.2) is 4.79 Å². The van der Waals surface area contributed by atoms with Crippen LogP contribution in [0.2, 0.25) is 5.02 Å². The fourth-order valence-corrected chi connectivity index (χ4v) is 3.68. The first-order valence-electron chi connectivity index (χ1n) is 9.94. The molecule has 0 saturated carbocycles. The van der Waals surface area contributed by atoms with Crippen LogP contribution in [0.5, 0.6) is 11.5 Å². The molecule has 1 aliphatic rings. The number of hydrogen-bond acceptors (Lipinski definition) is 5. The Morgan fingerprint density at radius 3 is 2.45 bits per heavy atom. The minimum Gasteiger partial charge on any atom is -0.496 e. The molecular formula is C23H27ClN2O5. The van der Waals surface area contributed by atoms with Crippen LogP contribution < -0.4 is 14.8 Å². The highest BCUT2D eigenvalue weighted by Crippen LogP contribution is 2.34. The smallest absolute Gasteiger partial charge is 0.410 e. The van der Waals surface area contributed by atoms with Gasteiger partial charge < -0.3 is 24.4 Å². The van der Waals surface area contributed by atoms with Gasteiger partial charge in [-0.1, -0.05) is 23.7 Å². The first-order chi connectivity index (χ1) is 14.6. The number of benzene rings is 2. The summed E-state index contributed by atoms with van der Waals surface area (Å²) in [5, 5.41) is 3.27. The Balaban J connectivity index is 1.81. The molecule has 3 rings (SSSR count). The SMILES string of the molecule is COc1cc(OC)c(C(=O)Nc2cccc3c2CCN(C(=O)OC(C)(C)C)C3)cc1Cl.